The van der Waals surface area contributed by atoms with Gasteiger partial charge in [-0.2, -0.15) is 5.10 Å². The number of aromatic nitrogens is 2. The summed E-state index contributed by atoms with van der Waals surface area (Å²) >= 11 is 6.72. The van der Waals surface area contributed by atoms with E-state index in [1.54, 1.807) is 42.1 Å². The van der Waals surface area contributed by atoms with Gasteiger partial charge in [-0.1, -0.05) is 44.5 Å². The number of benzene rings is 2. The van der Waals surface area contributed by atoms with Gasteiger partial charge in [0.15, 0.2) is 15.4 Å². The molecule has 13 heteroatoms. The van der Waals surface area contributed by atoms with Gasteiger partial charge in [0, 0.05) is 42.4 Å². The maximum Gasteiger partial charge on any atom is 0.341 e. The topological polar surface area (TPSA) is 151 Å². The van der Waals surface area contributed by atoms with Gasteiger partial charge in [0.05, 0.1) is 21.1 Å². The molecule has 0 saturated carbocycles. The fourth-order valence-corrected chi connectivity index (χ4v) is 7.06. The van der Waals surface area contributed by atoms with E-state index in [1.165, 1.54) is 6.07 Å². The number of nitro groups is 1. The molecule has 1 atom stereocenters. The minimum absolute atomic E-state index is 0.000303. The van der Waals surface area contributed by atoms with Crippen molar-refractivity contribution in [3.05, 3.63) is 79.7 Å². The third kappa shape index (κ3) is 5.62. The van der Waals surface area contributed by atoms with E-state index in [0.29, 0.717) is 63.7 Å². The Balaban J connectivity index is 1.49. The number of rotatable bonds is 6. The zero-order valence-corrected chi connectivity index (χ0v) is 27.2. The number of hydrogen-bond donors (Lipinski definition) is 1. The zero-order chi connectivity index (χ0) is 32.4. The normalized spacial score (nSPS) is 19.6. The summed E-state index contributed by atoms with van der Waals surface area (Å²) in [6.07, 6.45) is 2.31. The quantitative estimate of drug-likeness (QED) is 0.225. The maximum absolute atomic E-state index is 13.4. The van der Waals surface area contributed by atoms with E-state index in [0.717, 1.165) is 6.26 Å². The van der Waals surface area contributed by atoms with Crippen molar-refractivity contribution >= 4 is 38.7 Å². The fourth-order valence-electron chi connectivity index (χ4n) is 6.12. The number of carbonyl (C=O) groups excluding carboxylic acids is 1. The maximum atomic E-state index is 13.4. The van der Waals surface area contributed by atoms with E-state index < -0.39 is 26.8 Å². The standard InChI is InChI=1S/C31H36ClN5O6S/c1-18-13-22(19-9-7-10-20(14-19)44(6,41)42)23(32)15-21(18)25-27(33)31(43-29(25)38)11-8-12-36(17-31)16-24-26(37(39)40)28(30(2,3)4)34-35(24)5/h7,9-10,13-15H,8,11-12,16-17,33H2,1-6H3. The second-order valence-electron chi connectivity index (χ2n) is 12.7. The molecule has 1 fully saturated rings. The highest BCUT2D eigenvalue weighted by molar-refractivity contribution is 7.90. The highest BCUT2D eigenvalue weighted by Gasteiger charge is 2.50. The first kappa shape index (κ1) is 31.7. The number of nitrogens with zero attached hydrogens (tertiary/aromatic N) is 4. The van der Waals surface area contributed by atoms with Crippen LogP contribution in [0.25, 0.3) is 16.7 Å². The average molecular weight is 642 g/mol. The minimum atomic E-state index is -3.42. The second-order valence-corrected chi connectivity index (χ2v) is 15.1. The summed E-state index contributed by atoms with van der Waals surface area (Å²) in [5, 5.41) is 16.9. The molecule has 2 N–H and O–H groups in total. The predicted molar refractivity (Wildman–Crippen MR) is 168 cm³/mol. The number of esters is 1. The van der Waals surface area contributed by atoms with Crippen LogP contribution in [0.1, 0.15) is 56.1 Å². The van der Waals surface area contributed by atoms with Gasteiger partial charge < -0.3 is 10.5 Å². The number of nitrogens with two attached hydrogens (primary N) is 1. The van der Waals surface area contributed by atoms with Crippen molar-refractivity contribution in [2.75, 3.05) is 19.3 Å². The summed E-state index contributed by atoms with van der Waals surface area (Å²) < 4.78 is 31.8. The average Bonchev–Trinajstić information content (AvgIpc) is 3.37. The van der Waals surface area contributed by atoms with Gasteiger partial charge >= 0.3 is 11.7 Å². The Kier molecular flexibility index (Phi) is 7.92. The van der Waals surface area contributed by atoms with Crippen molar-refractivity contribution < 1.29 is 22.9 Å². The Hall–Kier alpha value is -3.74. The molecule has 234 valence electrons. The lowest BCUT2D eigenvalue weighted by molar-refractivity contribution is -0.387. The number of likely N-dealkylation sites (tertiary alicyclic amines) is 1. The minimum Gasteiger partial charge on any atom is -0.448 e. The smallest absolute Gasteiger partial charge is 0.341 e. The molecule has 0 radical (unpaired) electrons. The molecule has 2 aliphatic heterocycles. The number of ether oxygens (including phenoxy) is 1. The van der Waals surface area contributed by atoms with Crippen LogP contribution >= 0.6 is 11.6 Å². The Morgan fingerprint density at radius 1 is 1.20 bits per heavy atom. The molecule has 2 aliphatic rings. The van der Waals surface area contributed by atoms with Crippen LogP contribution in [-0.2, 0) is 38.4 Å². The van der Waals surface area contributed by atoms with Crippen molar-refractivity contribution in [2.45, 2.75) is 63.0 Å². The van der Waals surface area contributed by atoms with Crippen molar-refractivity contribution in [1.29, 1.82) is 0 Å². The van der Waals surface area contributed by atoms with Crippen LogP contribution in [0.15, 0.2) is 47.0 Å². The SMILES string of the molecule is Cc1cc(-c2cccc(S(C)(=O)=O)c2)c(Cl)cc1C1=C(N)C2(CCCN(Cc3c([N+](=O)[O-])c(C(C)(C)C)nn3C)C2)OC1=O. The summed E-state index contributed by atoms with van der Waals surface area (Å²) in [6.45, 7) is 8.65. The third-order valence-corrected chi connectivity index (χ3v) is 9.77. The van der Waals surface area contributed by atoms with Gasteiger partial charge in [0.1, 0.15) is 11.4 Å². The van der Waals surface area contributed by atoms with Gasteiger partial charge in [-0.25, -0.2) is 13.2 Å². The first-order valence-electron chi connectivity index (χ1n) is 14.2. The molecule has 1 aromatic heterocycles. The Morgan fingerprint density at radius 2 is 1.91 bits per heavy atom. The van der Waals surface area contributed by atoms with E-state index in [-0.39, 0.29) is 34.2 Å². The molecule has 1 saturated heterocycles. The largest absolute Gasteiger partial charge is 0.448 e. The van der Waals surface area contributed by atoms with Gasteiger partial charge in [0.25, 0.3) is 0 Å². The molecule has 1 spiro atoms. The third-order valence-electron chi connectivity index (χ3n) is 8.35. The first-order chi connectivity index (χ1) is 20.4. The monoisotopic (exact) mass is 641 g/mol. The van der Waals surface area contributed by atoms with Crippen LogP contribution < -0.4 is 5.73 Å². The van der Waals surface area contributed by atoms with Crippen molar-refractivity contribution in [1.82, 2.24) is 14.7 Å². The molecular weight excluding hydrogens is 606 g/mol. The summed E-state index contributed by atoms with van der Waals surface area (Å²) in [6, 6.07) is 9.99. The van der Waals surface area contributed by atoms with E-state index in [9.17, 15) is 23.3 Å². The predicted octanol–water partition coefficient (Wildman–Crippen LogP) is 4.92. The number of halogens is 1. The van der Waals surface area contributed by atoms with Crippen LogP contribution in [0.3, 0.4) is 0 Å². The lowest BCUT2D eigenvalue weighted by atomic mass is 9.86. The fraction of sp³-hybridized carbons (Fsp3) is 0.419. The molecule has 0 bridgehead atoms. The number of sulfone groups is 1. The number of aryl methyl sites for hydroxylation is 2. The lowest BCUT2D eigenvalue weighted by Crippen LogP contribution is -2.51. The zero-order valence-electron chi connectivity index (χ0n) is 25.6. The van der Waals surface area contributed by atoms with Crippen LogP contribution in [0.4, 0.5) is 5.69 Å². The van der Waals surface area contributed by atoms with E-state index in [1.807, 2.05) is 32.6 Å². The Bertz CT molecular complexity index is 1840. The molecule has 3 aromatic rings. The van der Waals surface area contributed by atoms with E-state index in [2.05, 4.69) is 5.10 Å². The Morgan fingerprint density at radius 3 is 2.55 bits per heavy atom. The van der Waals surface area contributed by atoms with E-state index >= 15 is 0 Å². The molecule has 1 unspecified atom stereocenters. The van der Waals surface area contributed by atoms with Gasteiger partial charge in [-0.3, -0.25) is 19.7 Å². The summed E-state index contributed by atoms with van der Waals surface area (Å²) in [5.41, 5.74) is 9.06. The molecule has 11 nitrogen and oxygen atoms in total. The summed E-state index contributed by atoms with van der Waals surface area (Å²) in [4.78, 5) is 27.4. The van der Waals surface area contributed by atoms with Crippen LogP contribution in [0.2, 0.25) is 5.02 Å². The lowest BCUT2D eigenvalue weighted by Gasteiger charge is -2.39. The van der Waals surface area contributed by atoms with Crippen molar-refractivity contribution in [2.24, 2.45) is 12.8 Å². The number of piperidine rings is 1. The van der Waals surface area contributed by atoms with Gasteiger partial charge in [-0.05, 0) is 67.3 Å². The second kappa shape index (κ2) is 11.0. The Labute approximate surface area is 261 Å². The number of carbonyl (C=O) groups is 1. The van der Waals surface area contributed by atoms with Crippen LogP contribution in [0.5, 0.6) is 0 Å². The number of hydrogen-bond acceptors (Lipinski definition) is 9. The van der Waals surface area contributed by atoms with Crippen LogP contribution in [0, 0.1) is 17.0 Å². The van der Waals surface area contributed by atoms with E-state index in [4.69, 9.17) is 22.1 Å². The summed E-state index contributed by atoms with van der Waals surface area (Å²) in [5.74, 6) is -0.558. The van der Waals surface area contributed by atoms with Crippen molar-refractivity contribution in [3.8, 4) is 11.1 Å². The molecule has 0 amide bonds. The first-order valence-corrected chi connectivity index (χ1v) is 16.5. The highest BCUT2D eigenvalue weighted by atomic mass is 35.5. The molecule has 5 rings (SSSR count). The highest BCUT2D eigenvalue weighted by Crippen LogP contribution is 2.44. The molecule has 3 heterocycles. The van der Waals surface area contributed by atoms with Crippen molar-refractivity contribution in [3.63, 3.8) is 0 Å². The molecule has 0 aliphatic carbocycles. The molecule has 2 aromatic carbocycles. The van der Waals surface area contributed by atoms with Crippen LogP contribution in [-0.4, -0.2) is 58.9 Å². The van der Waals surface area contributed by atoms with Gasteiger partial charge in [-0.15, -0.1) is 0 Å². The van der Waals surface area contributed by atoms with Gasteiger partial charge in [0.2, 0.25) is 0 Å². The molecule has 44 heavy (non-hydrogen) atoms. The summed E-state index contributed by atoms with van der Waals surface area (Å²) in [7, 11) is -1.72. The molecular formula is C31H36ClN5O6S.